The van der Waals surface area contributed by atoms with E-state index in [2.05, 4.69) is 4.72 Å². The van der Waals surface area contributed by atoms with Crippen LogP contribution in [0.5, 0.6) is 0 Å². The van der Waals surface area contributed by atoms with Crippen molar-refractivity contribution in [1.82, 2.24) is 4.72 Å². The first-order valence-electron chi connectivity index (χ1n) is 9.59. The van der Waals surface area contributed by atoms with Gasteiger partial charge in [0.25, 0.3) is 0 Å². The van der Waals surface area contributed by atoms with Gasteiger partial charge >= 0.3 is 5.97 Å². The number of sulfonamides is 1. The van der Waals surface area contributed by atoms with Crippen molar-refractivity contribution in [2.45, 2.75) is 40.0 Å². The summed E-state index contributed by atoms with van der Waals surface area (Å²) in [6.45, 7) is 5.75. The van der Waals surface area contributed by atoms with E-state index in [-0.39, 0.29) is 35.2 Å². The highest BCUT2D eigenvalue weighted by atomic mass is 32.2. The van der Waals surface area contributed by atoms with Gasteiger partial charge in [-0.3, -0.25) is 9.52 Å². The number of nitrogens with one attached hydrogen (secondary N) is 1. The number of hydrogen-bond acceptors (Lipinski definition) is 5. The normalized spacial score (nSPS) is 26.3. The number of rotatable bonds is 7. The Hall–Kier alpha value is -2.15. The summed E-state index contributed by atoms with van der Waals surface area (Å²) >= 11 is 0. The predicted molar refractivity (Wildman–Crippen MR) is 107 cm³/mol. The largest absolute Gasteiger partial charge is 0.461 e. The minimum atomic E-state index is -3.94. The van der Waals surface area contributed by atoms with E-state index < -0.39 is 21.4 Å². The fourth-order valence-corrected chi connectivity index (χ4v) is 6.57. The number of hydrogen-bond donors (Lipinski definition) is 1. The van der Waals surface area contributed by atoms with Gasteiger partial charge in [-0.05, 0) is 42.7 Å². The van der Waals surface area contributed by atoms with E-state index in [9.17, 15) is 18.0 Å². The molecule has 2 atom stereocenters. The summed E-state index contributed by atoms with van der Waals surface area (Å²) in [5, 5.41) is 0. The van der Waals surface area contributed by atoms with Crippen molar-refractivity contribution in [1.29, 1.82) is 0 Å². The van der Waals surface area contributed by atoms with E-state index in [0.717, 1.165) is 6.42 Å². The fourth-order valence-electron chi connectivity index (χ4n) is 4.69. The van der Waals surface area contributed by atoms with Crippen LogP contribution in [-0.4, -0.2) is 32.5 Å². The lowest BCUT2D eigenvalue weighted by atomic mass is 9.70. The molecule has 1 N–H and O–H groups in total. The molecule has 0 radical (unpaired) electrons. The van der Waals surface area contributed by atoms with Gasteiger partial charge in [0.2, 0.25) is 10.0 Å². The zero-order chi connectivity index (χ0) is 20.6. The number of benzene rings is 1. The van der Waals surface area contributed by atoms with Crippen LogP contribution in [0.4, 0.5) is 0 Å². The van der Waals surface area contributed by atoms with Crippen molar-refractivity contribution in [2.24, 2.45) is 16.7 Å². The molecule has 0 aliphatic heterocycles. The molecule has 2 fully saturated rings. The Morgan fingerprint density at radius 1 is 1.29 bits per heavy atom. The van der Waals surface area contributed by atoms with Gasteiger partial charge in [0.15, 0.2) is 0 Å². The Morgan fingerprint density at radius 3 is 2.50 bits per heavy atom. The second kappa shape index (κ2) is 7.35. The van der Waals surface area contributed by atoms with Crippen LogP contribution in [0.25, 0.3) is 6.08 Å². The number of ketones is 1. The zero-order valence-corrected chi connectivity index (χ0v) is 17.3. The Labute approximate surface area is 166 Å². The third-order valence-corrected chi connectivity index (χ3v) is 7.85. The number of esters is 1. The average molecular weight is 406 g/mol. The third-order valence-electron chi connectivity index (χ3n) is 6.45. The quantitative estimate of drug-likeness (QED) is 0.556. The van der Waals surface area contributed by atoms with Gasteiger partial charge in [0.05, 0.1) is 17.8 Å². The summed E-state index contributed by atoms with van der Waals surface area (Å²) in [7, 11) is -3.94. The summed E-state index contributed by atoms with van der Waals surface area (Å²) in [5.74, 6) is -0.814. The molecular weight excluding hydrogens is 378 g/mol. The molecule has 3 rings (SSSR count). The van der Waals surface area contributed by atoms with Crippen molar-refractivity contribution < 1.29 is 22.7 Å². The molecule has 0 amide bonds. The third kappa shape index (κ3) is 3.60. The molecule has 6 nitrogen and oxygen atoms in total. The van der Waals surface area contributed by atoms with Crippen molar-refractivity contribution in [3.05, 3.63) is 41.6 Å². The highest BCUT2D eigenvalue weighted by molar-refractivity contribution is 7.89. The van der Waals surface area contributed by atoms with Crippen molar-refractivity contribution in [2.75, 3.05) is 12.4 Å². The highest BCUT2D eigenvalue weighted by Gasteiger charge is 2.65. The second-order valence-electron chi connectivity index (χ2n) is 8.22. The Balaban J connectivity index is 1.89. The van der Waals surface area contributed by atoms with Crippen molar-refractivity contribution in [3.63, 3.8) is 0 Å². The summed E-state index contributed by atoms with van der Waals surface area (Å²) in [6.07, 6.45) is 3.32. The van der Waals surface area contributed by atoms with Crippen LogP contribution in [0.1, 0.15) is 45.6 Å². The summed E-state index contributed by atoms with van der Waals surface area (Å²) < 4.78 is 33.4. The van der Waals surface area contributed by atoms with Crippen LogP contribution in [0, 0.1) is 16.7 Å². The van der Waals surface area contributed by atoms with Crippen molar-refractivity contribution >= 4 is 27.9 Å². The first-order valence-corrected chi connectivity index (χ1v) is 11.2. The zero-order valence-electron chi connectivity index (χ0n) is 16.5. The summed E-state index contributed by atoms with van der Waals surface area (Å²) in [4.78, 5) is 25.0. The highest BCUT2D eigenvalue weighted by Crippen LogP contribution is 2.64. The van der Waals surface area contributed by atoms with Crippen LogP contribution in [0.3, 0.4) is 0 Å². The first kappa shape index (κ1) is 20.6. The number of carbonyl (C=O) groups is 2. The summed E-state index contributed by atoms with van der Waals surface area (Å²) in [6, 6.07) is 8.94. The predicted octanol–water partition coefficient (Wildman–Crippen LogP) is 2.91. The number of fused-ring (bicyclic) bond motifs is 2. The molecule has 1 aromatic rings. The molecule has 28 heavy (non-hydrogen) atoms. The van der Waals surface area contributed by atoms with E-state index in [1.165, 1.54) is 6.08 Å². The molecule has 2 aliphatic rings. The van der Waals surface area contributed by atoms with E-state index in [1.807, 2.05) is 19.9 Å². The topological polar surface area (TPSA) is 89.5 Å². The lowest BCUT2D eigenvalue weighted by Gasteiger charge is -2.36. The van der Waals surface area contributed by atoms with Crippen LogP contribution < -0.4 is 4.72 Å². The van der Waals surface area contributed by atoms with Gasteiger partial charge in [0.1, 0.15) is 11.5 Å². The molecule has 2 bridgehead atoms. The fraction of sp³-hybridized carbons (Fsp3) is 0.524. The molecule has 7 heteroatoms. The van der Waals surface area contributed by atoms with E-state index >= 15 is 0 Å². The molecule has 2 aliphatic carbocycles. The molecule has 0 unspecified atom stereocenters. The van der Waals surface area contributed by atoms with Gasteiger partial charge in [-0.25, -0.2) is 13.2 Å². The number of ether oxygens (including phenoxy) is 1. The molecular formula is C21H27NO5S. The van der Waals surface area contributed by atoms with Crippen LogP contribution >= 0.6 is 0 Å². The Kier molecular flexibility index (Phi) is 5.40. The Morgan fingerprint density at radius 2 is 1.96 bits per heavy atom. The van der Waals surface area contributed by atoms with Gasteiger partial charge in [-0.2, -0.15) is 0 Å². The van der Waals surface area contributed by atoms with Gasteiger partial charge in [-0.15, -0.1) is 0 Å². The van der Waals surface area contributed by atoms with Gasteiger partial charge in [-0.1, -0.05) is 44.2 Å². The molecule has 152 valence electrons. The number of carbonyl (C=O) groups excluding carboxylic acids is 2. The SMILES string of the molecule is CCOC(=O)/C(=C/c1ccccc1)NS(=O)(=O)C[C@@]12CC[C@@H](CC1=O)C2(C)C. The maximum absolute atomic E-state index is 13.0. The lowest BCUT2D eigenvalue weighted by molar-refractivity contribution is -0.138. The van der Waals surface area contributed by atoms with Gasteiger partial charge < -0.3 is 4.74 Å². The molecule has 0 spiro atoms. The molecule has 1 aromatic carbocycles. The monoisotopic (exact) mass is 405 g/mol. The van der Waals surface area contributed by atoms with Crippen LogP contribution in [-0.2, 0) is 24.3 Å². The van der Waals surface area contributed by atoms with Crippen LogP contribution in [0.2, 0.25) is 0 Å². The lowest BCUT2D eigenvalue weighted by Crippen LogP contribution is -2.45. The van der Waals surface area contributed by atoms with Gasteiger partial charge in [0, 0.05) is 6.42 Å². The maximum atomic E-state index is 13.0. The average Bonchev–Trinajstić information content (AvgIpc) is 2.96. The Bertz CT molecular complexity index is 904. The minimum absolute atomic E-state index is 0.0175. The van der Waals surface area contributed by atoms with Crippen molar-refractivity contribution in [3.8, 4) is 0 Å². The second-order valence-corrected chi connectivity index (χ2v) is 9.94. The standard InChI is InChI=1S/C21H27NO5S/c1-4-27-19(24)17(12-15-8-6-5-7-9-15)22-28(25,26)14-21-11-10-16(13-18(21)23)20(21,2)3/h5-9,12,16,22H,4,10-11,13-14H2,1-3H3/b17-12-/t16-,21-/m0/s1. The molecule has 0 saturated heterocycles. The van der Waals surface area contributed by atoms with E-state index in [4.69, 9.17) is 4.74 Å². The molecule has 0 aromatic heterocycles. The summed E-state index contributed by atoms with van der Waals surface area (Å²) in [5.41, 5.74) is -0.742. The van der Waals surface area contributed by atoms with E-state index in [1.54, 1.807) is 31.2 Å². The maximum Gasteiger partial charge on any atom is 0.355 e. The first-order chi connectivity index (χ1) is 13.1. The number of Topliss-reactive ketones (excluding diaryl/α,β-unsaturated/α-hetero) is 1. The van der Waals surface area contributed by atoms with E-state index in [0.29, 0.717) is 18.4 Å². The molecule has 2 saturated carbocycles. The minimum Gasteiger partial charge on any atom is -0.461 e. The van der Waals surface area contributed by atoms with Crippen LogP contribution in [0.15, 0.2) is 36.0 Å². The molecule has 0 heterocycles. The smallest absolute Gasteiger partial charge is 0.355 e.